The van der Waals surface area contributed by atoms with Crippen LogP contribution in [-0.4, -0.2) is 42.0 Å². The van der Waals surface area contributed by atoms with Crippen LogP contribution in [0.1, 0.15) is 39.5 Å². The number of hydrogen-bond acceptors (Lipinski definition) is 3. The molecule has 0 aromatic carbocycles. The van der Waals surface area contributed by atoms with Gasteiger partial charge in [0, 0.05) is 13.0 Å². The van der Waals surface area contributed by atoms with Crippen LogP contribution < -0.4 is 0 Å². The Morgan fingerprint density at radius 3 is 2.50 bits per heavy atom. The molecule has 0 saturated carbocycles. The quantitative estimate of drug-likeness (QED) is 0.441. The molecule has 0 aliphatic rings. The van der Waals surface area contributed by atoms with Gasteiger partial charge in [-0.1, -0.05) is 56.2 Å². The van der Waals surface area contributed by atoms with Crippen LogP contribution in [0.2, 0.25) is 0 Å². The standard InChI is InChI=1S/C17H29NO2/c1-3-5-7-8-9-10-12-17(20)16-18(14-15-19)13-11-6-4-2/h3,5,7-10,19H,4,6,11-16H2,1-2H3/b5-3+,8-7-,10-9+. The molecule has 3 heteroatoms. The first-order valence-electron chi connectivity index (χ1n) is 7.54. The number of allylic oxidation sites excluding steroid dienone is 6. The van der Waals surface area contributed by atoms with Gasteiger partial charge in [0.25, 0.3) is 0 Å². The Labute approximate surface area is 123 Å². The van der Waals surface area contributed by atoms with Crippen LogP contribution in [-0.2, 0) is 4.79 Å². The lowest BCUT2D eigenvalue weighted by atomic mass is 10.2. The van der Waals surface area contributed by atoms with E-state index in [2.05, 4.69) is 6.92 Å². The summed E-state index contributed by atoms with van der Waals surface area (Å²) < 4.78 is 0. The number of ketones is 1. The molecule has 1 N–H and O–H groups in total. The fourth-order valence-corrected chi connectivity index (χ4v) is 1.83. The van der Waals surface area contributed by atoms with Crippen molar-refractivity contribution >= 4 is 5.78 Å². The van der Waals surface area contributed by atoms with Crippen molar-refractivity contribution in [3.05, 3.63) is 36.5 Å². The molecule has 114 valence electrons. The smallest absolute Gasteiger partial charge is 0.150 e. The third-order valence-electron chi connectivity index (χ3n) is 2.90. The van der Waals surface area contributed by atoms with E-state index < -0.39 is 0 Å². The molecule has 0 spiro atoms. The molecule has 0 aromatic heterocycles. The van der Waals surface area contributed by atoms with E-state index in [1.165, 1.54) is 12.8 Å². The van der Waals surface area contributed by atoms with Gasteiger partial charge in [-0.15, -0.1) is 0 Å². The number of aliphatic hydroxyl groups is 1. The number of hydrogen-bond donors (Lipinski definition) is 1. The van der Waals surface area contributed by atoms with E-state index in [0.717, 1.165) is 13.0 Å². The number of aliphatic hydroxyl groups excluding tert-OH is 1. The zero-order chi connectivity index (χ0) is 15.1. The molecule has 0 saturated heterocycles. The van der Waals surface area contributed by atoms with Crippen molar-refractivity contribution < 1.29 is 9.90 Å². The van der Waals surface area contributed by atoms with E-state index in [0.29, 0.717) is 19.5 Å². The highest BCUT2D eigenvalue weighted by Crippen LogP contribution is 2.00. The second kappa shape index (κ2) is 14.2. The Balaban J connectivity index is 3.98. The first-order valence-corrected chi connectivity index (χ1v) is 7.54. The SMILES string of the molecule is C/C=C/C=C\C=C\CC(=O)CN(CCO)CCCCC. The Bertz CT molecular complexity index is 319. The lowest BCUT2D eigenvalue weighted by Crippen LogP contribution is -2.33. The third kappa shape index (κ3) is 11.9. The molecular weight excluding hydrogens is 250 g/mol. The van der Waals surface area contributed by atoms with Crippen LogP contribution in [0, 0.1) is 0 Å². The number of unbranched alkanes of at least 4 members (excludes halogenated alkanes) is 2. The molecule has 0 radical (unpaired) electrons. The van der Waals surface area contributed by atoms with Gasteiger partial charge in [-0.25, -0.2) is 0 Å². The van der Waals surface area contributed by atoms with E-state index in [1.54, 1.807) is 0 Å². The van der Waals surface area contributed by atoms with Gasteiger partial charge >= 0.3 is 0 Å². The summed E-state index contributed by atoms with van der Waals surface area (Å²) in [6, 6.07) is 0. The number of nitrogens with zero attached hydrogens (tertiary/aromatic N) is 1. The van der Waals surface area contributed by atoms with Gasteiger partial charge < -0.3 is 5.11 Å². The summed E-state index contributed by atoms with van der Waals surface area (Å²) in [5, 5.41) is 9.02. The van der Waals surface area contributed by atoms with Gasteiger partial charge in [-0.05, 0) is 19.9 Å². The van der Waals surface area contributed by atoms with Crippen LogP contribution >= 0.6 is 0 Å². The average Bonchev–Trinajstić information content (AvgIpc) is 2.43. The molecule has 0 aromatic rings. The first-order chi connectivity index (χ1) is 9.74. The number of rotatable bonds is 12. The fourth-order valence-electron chi connectivity index (χ4n) is 1.83. The molecule has 0 atom stereocenters. The summed E-state index contributed by atoms with van der Waals surface area (Å²) in [5.41, 5.74) is 0. The maximum Gasteiger partial charge on any atom is 0.150 e. The van der Waals surface area contributed by atoms with E-state index in [9.17, 15) is 4.79 Å². The van der Waals surface area contributed by atoms with Crippen LogP contribution in [0.15, 0.2) is 36.5 Å². The van der Waals surface area contributed by atoms with Crippen LogP contribution in [0.3, 0.4) is 0 Å². The number of carbonyl (C=O) groups excluding carboxylic acids is 1. The topological polar surface area (TPSA) is 40.5 Å². The molecule has 0 amide bonds. The molecule has 20 heavy (non-hydrogen) atoms. The third-order valence-corrected chi connectivity index (χ3v) is 2.90. The van der Waals surface area contributed by atoms with Crippen LogP contribution in [0.5, 0.6) is 0 Å². The van der Waals surface area contributed by atoms with E-state index in [1.807, 2.05) is 48.3 Å². The lowest BCUT2D eigenvalue weighted by molar-refractivity contribution is -0.119. The van der Waals surface area contributed by atoms with Crippen molar-refractivity contribution in [1.29, 1.82) is 0 Å². The molecule has 0 rings (SSSR count). The highest BCUT2D eigenvalue weighted by atomic mass is 16.3. The zero-order valence-corrected chi connectivity index (χ0v) is 12.9. The largest absolute Gasteiger partial charge is 0.395 e. The predicted octanol–water partition coefficient (Wildman–Crippen LogP) is 3.12. The van der Waals surface area contributed by atoms with Gasteiger partial charge in [-0.3, -0.25) is 9.69 Å². The van der Waals surface area contributed by atoms with Crippen molar-refractivity contribution in [1.82, 2.24) is 4.90 Å². The molecular formula is C17H29NO2. The number of Topliss-reactive ketones (excluding diaryl/α,β-unsaturated/α-hetero) is 1. The highest BCUT2D eigenvalue weighted by molar-refractivity contribution is 5.81. The summed E-state index contributed by atoms with van der Waals surface area (Å²) in [5.74, 6) is 0.200. The Morgan fingerprint density at radius 2 is 1.85 bits per heavy atom. The van der Waals surface area contributed by atoms with E-state index in [4.69, 9.17) is 5.11 Å². The molecule has 0 aliphatic heterocycles. The number of carbonyl (C=O) groups is 1. The highest BCUT2D eigenvalue weighted by Gasteiger charge is 2.08. The van der Waals surface area contributed by atoms with Crippen molar-refractivity contribution in [2.75, 3.05) is 26.2 Å². The van der Waals surface area contributed by atoms with Gasteiger partial charge in [0.2, 0.25) is 0 Å². The maximum absolute atomic E-state index is 11.8. The monoisotopic (exact) mass is 279 g/mol. The first kappa shape index (κ1) is 18.8. The maximum atomic E-state index is 11.8. The fraction of sp³-hybridized carbons (Fsp3) is 0.588. The van der Waals surface area contributed by atoms with Gasteiger partial charge in [-0.2, -0.15) is 0 Å². The second-order valence-corrected chi connectivity index (χ2v) is 4.79. The molecule has 0 bridgehead atoms. The normalized spacial score (nSPS) is 12.4. The summed E-state index contributed by atoms with van der Waals surface area (Å²) in [6.45, 7) is 6.15. The van der Waals surface area contributed by atoms with Crippen molar-refractivity contribution in [3.8, 4) is 0 Å². The van der Waals surface area contributed by atoms with Gasteiger partial charge in [0.15, 0.2) is 5.78 Å². The molecule has 3 nitrogen and oxygen atoms in total. The predicted molar refractivity (Wildman–Crippen MR) is 85.8 cm³/mol. The molecule has 0 heterocycles. The average molecular weight is 279 g/mol. The van der Waals surface area contributed by atoms with Gasteiger partial charge in [0.05, 0.1) is 13.2 Å². The molecule has 0 aliphatic carbocycles. The summed E-state index contributed by atoms with van der Waals surface area (Å²) in [6.07, 6.45) is 15.4. The van der Waals surface area contributed by atoms with Crippen molar-refractivity contribution in [2.45, 2.75) is 39.5 Å². The van der Waals surface area contributed by atoms with Crippen molar-refractivity contribution in [2.24, 2.45) is 0 Å². The van der Waals surface area contributed by atoms with Crippen LogP contribution in [0.25, 0.3) is 0 Å². The zero-order valence-electron chi connectivity index (χ0n) is 12.9. The minimum Gasteiger partial charge on any atom is -0.395 e. The summed E-state index contributed by atoms with van der Waals surface area (Å²) in [4.78, 5) is 13.9. The Hall–Kier alpha value is -1.19. The van der Waals surface area contributed by atoms with E-state index >= 15 is 0 Å². The van der Waals surface area contributed by atoms with Gasteiger partial charge in [0.1, 0.15) is 0 Å². The van der Waals surface area contributed by atoms with Crippen molar-refractivity contribution in [3.63, 3.8) is 0 Å². The summed E-state index contributed by atoms with van der Waals surface area (Å²) >= 11 is 0. The Morgan fingerprint density at radius 1 is 1.10 bits per heavy atom. The second-order valence-electron chi connectivity index (χ2n) is 4.79. The molecule has 0 unspecified atom stereocenters. The lowest BCUT2D eigenvalue weighted by Gasteiger charge is -2.19. The Kier molecular flexibility index (Phi) is 13.4. The minimum absolute atomic E-state index is 0.112. The van der Waals surface area contributed by atoms with E-state index in [-0.39, 0.29) is 12.4 Å². The minimum atomic E-state index is 0.112. The van der Waals surface area contributed by atoms with Crippen LogP contribution in [0.4, 0.5) is 0 Å². The summed E-state index contributed by atoms with van der Waals surface area (Å²) in [7, 11) is 0. The molecule has 0 fully saturated rings.